The lowest BCUT2D eigenvalue weighted by atomic mass is 10.2. The van der Waals surface area contributed by atoms with E-state index >= 15 is 0 Å². The highest BCUT2D eigenvalue weighted by Gasteiger charge is 2.11. The molecule has 2 aromatic heterocycles. The number of pyridine rings is 1. The molecule has 0 fully saturated rings. The number of nitrogens with zero attached hydrogens (tertiary/aromatic N) is 1. The van der Waals surface area contributed by atoms with Crippen molar-refractivity contribution >= 4 is 37.7 Å². The third kappa shape index (κ3) is 2.29. The quantitative estimate of drug-likeness (QED) is 0.508. The molecule has 0 bridgehead atoms. The minimum atomic E-state index is -0.204. The number of nitrogens with one attached hydrogen (secondary N) is 1. The molecule has 0 saturated heterocycles. The molecule has 2 nitrogen and oxygen atoms in total. The zero-order chi connectivity index (χ0) is 15.1. The zero-order valence-corrected chi connectivity index (χ0v) is 13.3. The molecule has 108 valence electrons. The average Bonchev–Trinajstić information content (AvgIpc) is 2.89. The number of benzene rings is 2. The Bertz CT molecular complexity index is 974. The first-order chi connectivity index (χ1) is 10.7. The molecule has 1 N–H and O–H groups in total. The van der Waals surface area contributed by atoms with Gasteiger partial charge in [-0.25, -0.2) is 4.39 Å². The van der Waals surface area contributed by atoms with Gasteiger partial charge in [0.2, 0.25) is 0 Å². The Balaban J connectivity index is 1.78. The molecule has 2 heterocycles. The summed E-state index contributed by atoms with van der Waals surface area (Å²) in [7, 11) is 0. The Morgan fingerprint density at radius 1 is 1.00 bits per heavy atom. The number of rotatable bonds is 2. The van der Waals surface area contributed by atoms with Crippen molar-refractivity contribution in [2.75, 3.05) is 0 Å². The fourth-order valence-electron chi connectivity index (χ4n) is 2.78. The molecule has 4 rings (SSSR count). The summed E-state index contributed by atoms with van der Waals surface area (Å²) in [5, 5.41) is 2.41. The summed E-state index contributed by atoms with van der Waals surface area (Å²) in [6.45, 7) is 0.715. The van der Waals surface area contributed by atoms with Crippen molar-refractivity contribution in [3.05, 3.63) is 76.8 Å². The van der Waals surface area contributed by atoms with Crippen LogP contribution in [0.1, 0.15) is 5.56 Å². The van der Waals surface area contributed by atoms with Gasteiger partial charge in [-0.1, -0.05) is 12.1 Å². The summed E-state index contributed by atoms with van der Waals surface area (Å²) in [4.78, 5) is 3.45. The van der Waals surface area contributed by atoms with Gasteiger partial charge in [-0.15, -0.1) is 0 Å². The van der Waals surface area contributed by atoms with Gasteiger partial charge < -0.3 is 4.98 Å². The fraction of sp³-hybridized carbons (Fsp3) is 0.0556. The summed E-state index contributed by atoms with van der Waals surface area (Å²) in [6, 6.07) is 14.9. The number of para-hydroxylation sites is 1. The Kier molecular flexibility index (Phi) is 3.19. The first kappa shape index (κ1) is 13.5. The monoisotopic (exact) mass is 355 g/mol. The minimum absolute atomic E-state index is 0.204. The van der Waals surface area contributed by atoms with E-state index in [1.54, 1.807) is 0 Å². The summed E-state index contributed by atoms with van der Waals surface area (Å²) in [6.07, 6.45) is 4.14. The molecule has 0 atom stereocenters. The molecule has 0 amide bonds. The lowest BCUT2D eigenvalue weighted by Gasteiger charge is -1.98. The van der Waals surface area contributed by atoms with Crippen LogP contribution in [0.15, 0.2) is 65.4 Å². The van der Waals surface area contributed by atoms with Crippen LogP contribution in [0.5, 0.6) is 0 Å². The fourth-order valence-corrected chi connectivity index (χ4v) is 3.25. The highest BCUT2D eigenvalue weighted by Crippen LogP contribution is 2.29. The van der Waals surface area contributed by atoms with Crippen molar-refractivity contribution in [2.45, 2.75) is 6.54 Å². The van der Waals surface area contributed by atoms with Gasteiger partial charge in [-0.2, -0.15) is 4.57 Å². The molecular formula is C18H13BrFN2+. The number of hydrogen-bond donors (Lipinski definition) is 1. The number of aromatic nitrogens is 2. The van der Waals surface area contributed by atoms with Crippen molar-refractivity contribution in [1.29, 1.82) is 0 Å². The maximum Gasteiger partial charge on any atom is 0.193 e. The van der Waals surface area contributed by atoms with Crippen molar-refractivity contribution in [2.24, 2.45) is 0 Å². The molecule has 0 unspecified atom stereocenters. The first-order valence-corrected chi connectivity index (χ1v) is 7.83. The second kappa shape index (κ2) is 5.21. The highest BCUT2D eigenvalue weighted by molar-refractivity contribution is 9.10. The Morgan fingerprint density at radius 3 is 2.64 bits per heavy atom. The summed E-state index contributed by atoms with van der Waals surface area (Å²) >= 11 is 3.58. The van der Waals surface area contributed by atoms with E-state index in [0.29, 0.717) is 6.54 Å². The Morgan fingerprint density at radius 2 is 1.82 bits per heavy atom. The van der Waals surface area contributed by atoms with Gasteiger partial charge in [0, 0.05) is 26.9 Å². The maximum absolute atomic E-state index is 13.0. The van der Waals surface area contributed by atoms with Crippen LogP contribution in [0, 0.1) is 5.82 Å². The zero-order valence-electron chi connectivity index (χ0n) is 11.7. The average molecular weight is 356 g/mol. The Hall–Kier alpha value is -2.20. The van der Waals surface area contributed by atoms with Crippen LogP contribution in [0.3, 0.4) is 0 Å². The molecule has 0 saturated carbocycles. The number of fused-ring (bicyclic) bond motifs is 3. The van der Waals surface area contributed by atoms with Gasteiger partial charge in [0.25, 0.3) is 0 Å². The van der Waals surface area contributed by atoms with Gasteiger partial charge in [-0.05, 0) is 46.3 Å². The van der Waals surface area contributed by atoms with Gasteiger partial charge in [-0.3, -0.25) is 0 Å². The van der Waals surface area contributed by atoms with Crippen LogP contribution in [-0.4, -0.2) is 4.98 Å². The predicted octanol–water partition coefficient (Wildman–Crippen LogP) is 4.56. The smallest absolute Gasteiger partial charge is 0.193 e. The Labute approximate surface area is 135 Å². The molecular weight excluding hydrogens is 343 g/mol. The molecule has 2 aromatic carbocycles. The number of hydrogen-bond acceptors (Lipinski definition) is 0. The lowest BCUT2D eigenvalue weighted by Crippen LogP contribution is -2.33. The van der Waals surface area contributed by atoms with Gasteiger partial charge >= 0.3 is 0 Å². The third-order valence-corrected chi connectivity index (χ3v) is 4.52. The van der Waals surface area contributed by atoms with Gasteiger partial charge in [0.15, 0.2) is 18.9 Å². The van der Waals surface area contributed by atoms with E-state index < -0.39 is 0 Å². The normalized spacial score (nSPS) is 11.4. The van der Waals surface area contributed by atoms with Crippen LogP contribution in [0.25, 0.3) is 21.8 Å². The highest BCUT2D eigenvalue weighted by atomic mass is 79.9. The molecule has 0 radical (unpaired) electrons. The van der Waals surface area contributed by atoms with Crippen molar-refractivity contribution in [1.82, 2.24) is 4.98 Å². The van der Waals surface area contributed by atoms with Crippen molar-refractivity contribution in [3.8, 4) is 0 Å². The van der Waals surface area contributed by atoms with Crippen LogP contribution in [0.4, 0.5) is 4.39 Å². The van der Waals surface area contributed by atoms with E-state index in [4.69, 9.17) is 0 Å². The SMILES string of the molecule is Fc1ccc(C[n+]2ccc3c(c2)[nH]c2c(Br)cccc23)cc1. The lowest BCUT2D eigenvalue weighted by molar-refractivity contribution is -0.687. The van der Waals surface area contributed by atoms with Gasteiger partial charge in [0.05, 0.1) is 5.52 Å². The second-order valence-electron chi connectivity index (χ2n) is 5.36. The van der Waals surface area contributed by atoms with Crippen LogP contribution in [0.2, 0.25) is 0 Å². The molecule has 22 heavy (non-hydrogen) atoms. The summed E-state index contributed by atoms with van der Waals surface area (Å²) in [5.74, 6) is -0.204. The largest absolute Gasteiger partial charge is 0.349 e. The number of aromatic amines is 1. The molecule has 4 heteroatoms. The minimum Gasteiger partial charge on any atom is -0.349 e. The molecule has 0 aliphatic rings. The molecule has 0 spiro atoms. The first-order valence-electron chi connectivity index (χ1n) is 7.04. The molecule has 0 aliphatic carbocycles. The van der Waals surface area contributed by atoms with Crippen LogP contribution in [-0.2, 0) is 6.54 Å². The van der Waals surface area contributed by atoms with E-state index in [0.717, 1.165) is 21.1 Å². The van der Waals surface area contributed by atoms with Gasteiger partial charge in [0.1, 0.15) is 11.3 Å². The van der Waals surface area contributed by atoms with E-state index in [-0.39, 0.29) is 5.82 Å². The molecule has 4 aromatic rings. The van der Waals surface area contributed by atoms with Crippen molar-refractivity contribution < 1.29 is 8.96 Å². The standard InChI is InChI=1S/C18H12BrFN2/c19-16-3-1-2-15-14-8-9-22(11-17(14)21-18(15)16)10-12-4-6-13(20)7-5-12/h1-9,11H,10H2/p+1. The second-order valence-corrected chi connectivity index (χ2v) is 6.21. The van der Waals surface area contributed by atoms with E-state index in [1.807, 2.05) is 24.3 Å². The summed E-state index contributed by atoms with van der Waals surface area (Å²) < 4.78 is 16.1. The molecule has 0 aliphatic heterocycles. The number of H-pyrrole nitrogens is 1. The predicted molar refractivity (Wildman–Crippen MR) is 89.2 cm³/mol. The van der Waals surface area contributed by atoms with Crippen molar-refractivity contribution in [3.63, 3.8) is 0 Å². The maximum atomic E-state index is 13.0. The van der Waals surface area contributed by atoms with Crippen LogP contribution >= 0.6 is 15.9 Å². The van der Waals surface area contributed by atoms with E-state index in [9.17, 15) is 4.39 Å². The van der Waals surface area contributed by atoms with Crippen LogP contribution < -0.4 is 4.57 Å². The third-order valence-electron chi connectivity index (χ3n) is 3.86. The van der Waals surface area contributed by atoms with E-state index in [2.05, 4.69) is 50.0 Å². The topological polar surface area (TPSA) is 19.7 Å². The summed E-state index contributed by atoms with van der Waals surface area (Å²) in [5.41, 5.74) is 3.27. The number of halogens is 2. The van der Waals surface area contributed by atoms with E-state index in [1.165, 1.54) is 22.9 Å².